The minimum absolute atomic E-state index is 0.265. The molecule has 0 atom stereocenters. The average Bonchev–Trinajstić information content (AvgIpc) is 3.68. The van der Waals surface area contributed by atoms with Crippen molar-refractivity contribution in [1.82, 2.24) is 9.13 Å². The molecule has 0 amide bonds. The maximum absolute atomic E-state index is 14.7. The number of rotatable bonds is 4. The number of aromatic nitrogens is 2. The lowest BCUT2D eigenvalue weighted by Crippen LogP contribution is -2.14. The maximum Gasteiger partial charge on any atom is 0.417 e. The molecule has 9 aromatic rings. The number of halogens is 6. The first-order valence-corrected chi connectivity index (χ1v) is 17.8. The first kappa shape index (κ1) is 34.9. The fraction of sp³-hybridized carbons (Fsp3) is 0.0851. The van der Waals surface area contributed by atoms with Gasteiger partial charge >= 0.3 is 12.4 Å². The van der Waals surface area contributed by atoms with Crippen LogP contribution in [0.4, 0.5) is 26.3 Å². The average molecular weight is 750 g/mol. The van der Waals surface area contributed by atoms with E-state index >= 15 is 0 Å². The molecular formula is C47H29F6N3. The van der Waals surface area contributed by atoms with Crippen molar-refractivity contribution in [3.63, 3.8) is 0 Å². The van der Waals surface area contributed by atoms with Crippen LogP contribution in [0.5, 0.6) is 0 Å². The van der Waals surface area contributed by atoms with Gasteiger partial charge in [-0.1, -0.05) is 71.8 Å². The van der Waals surface area contributed by atoms with Crippen molar-refractivity contribution in [2.45, 2.75) is 26.2 Å². The van der Waals surface area contributed by atoms with Gasteiger partial charge in [-0.3, -0.25) is 0 Å². The highest BCUT2D eigenvalue weighted by Gasteiger charge is 2.41. The van der Waals surface area contributed by atoms with Crippen LogP contribution >= 0.6 is 0 Å². The summed E-state index contributed by atoms with van der Waals surface area (Å²) in [5, 5.41) is 14.0. The zero-order valence-corrected chi connectivity index (χ0v) is 29.9. The molecule has 0 unspecified atom stereocenters. The summed E-state index contributed by atoms with van der Waals surface area (Å²) in [5.41, 5.74) is 3.43. The monoisotopic (exact) mass is 749 g/mol. The molecule has 56 heavy (non-hydrogen) atoms. The summed E-state index contributed by atoms with van der Waals surface area (Å²) < 4.78 is 92.1. The molecular weight excluding hydrogens is 721 g/mol. The summed E-state index contributed by atoms with van der Waals surface area (Å²) in [6.45, 7) is 3.98. The van der Waals surface area contributed by atoms with Crippen LogP contribution in [0.1, 0.15) is 27.8 Å². The molecule has 7 aromatic carbocycles. The third-order valence-electron chi connectivity index (χ3n) is 10.5. The van der Waals surface area contributed by atoms with E-state index in [0.717, 1.165) is 60.8 Å². The maximum atomic E-state index is 14.7. The number of hydrogen-bond donors (Lipinski definition) is 0. The van der Waals surface area contributed by atoms with Crippen LogP contribution in [0.3, 0.4) is 0 Å². The van der Waals surface area contributed by atoms with E-state index in [2.05, 4.69) is 18.2 Å². The van der Waals surface area contributed by atoms with Gasteiger partial charge in [0.15, 0.2) is 0 Å². The molecule has 0 radical (unpaired) electrons. The standard InChI is InChI=1S/C47H29F6N3/c1-27-14-18-41-33(22-27)31-8-3-5-12-39(31)55(41)43-20-16-29(26-54)24-35(43)36-25-30(45-37(46(48,49)50)10-7-11-38(45)47(51,52)53)17-21-44(36)56-40-13-6-4-9-32(40)34-23-28(2)15-19-42(34)56/h3-25H,1-2H3. The molecule has 0 aliphatic carbocycles. The van der Waals surface area contributed by atoms with Gasteiger partial charge in [0, 0.05) is 38.2 Å². The molecule has 9 rings (SSSR count). The second kappa shape index (κ2) is 12.6. The number of benzene rings is 7. The summed E-state index contributed by atoms with van der Waals surface area (Å²) in [5.74, 6) is 0. The molecule has 0 aliphatic heterocycles. The van der Waals surface area contributed by atoms with E-state index in [9.17, 15) is 31.6 Å². The van der Waals surface area contributed by atoms with Crippen LogP contribution in [0.25, 0.3) is 77.2 Å². The predicted octanol–water partition coefficient (Wildman–Crippen LogP) is 13.7. The molecule has 9 heteroatoms. The van der Waals surface area contributed by atoms with Crippen molar-refractivity contribution < 1.29 is 26.3 Å². The summed E-state index contributed by atoms with van der Waals surface area (Å²) in [6.07, 6.45) is -10.2. The molecule has 0 saturated carbocycles. The molecule has 0 N–H and O–H groups in total. The second-order valence-corrected chi connectivity index (χ2v) is 14.0. The van der Waals surface area contributed by atoms with E-state index in [-0.39, 0.29) is 11.1 Å². The van der Waals surface area contributed by atoms with E-state index < -0.39 is 29.0 Å². The molecule has 0 bridgehead atoms. The van der Waals surface area contributed by atoms with Crippen LogP contribution in [-0.2, 0) is 12.4 Å². The lowest BCUT2D eigenvalue weighted by molar-refractivity contribution is -0.142. The summed E-state index contributed by atoms with van der Waals surface area (Å²) in [4.78, 5) is 0. The molecule has 2 aromatic heterocycles. The molecule has 274 valence electrons. The predicted molar refractivity (Wildman–Crippen MR) is 210 cm³/mol. The number of nitrogens with zero attached hydrogens (tertiary/aromatic N) is 3. The highest BCUT2D eigenvalue weighted by atomic mass is 19.4. The highest BCUT2D eigenvalue weighted by molar-refractivity contribution is 6.12. The number of aryl methyl sites for hydroxylation is 2. The quantitative estimate of drug-likeness (QED) is 0.165. The Morgan fingerprint density at radius 3 is 1.43 bits per heavy atom. The Bertz CT molecular complexity index is 3070. The van der Waals surface area contributed by atoms with E-state index in [1.807, 2.05) is 95.8 Å². The molecule has 0 aliphatic rings. The summed E-state index contributed by atoms with van der Waals surface area (Å²) >= 11 is 0. The topological polar surface area (TPSA) is 33.6 Å². The summed E-state index contributed by atoms with van der Waals surface area (Å²) in [6, 6.07) is 41.4. The van der Waals surface area contributed by atoms with Gasteiger partial charge in [0.1, 0.15) is 0 Å². The smallest absolute Gasteiger partial charge is 0.309 e. The fourth-order valence-electron chi connectivity index (χ4n) is 8.15. The van der Waals surface area contributed by atoms with E-state index in [1.165, 1.54) is 12.1 Å². The van der Waals surface area contributed by atoms with Crippen LogP contribution in [0.15, 0.2) is 140 Å². The third kappa shape index (κ3) is 5.51. The van der Waals surface area contributed by atoms with Gasteiger partial charge in [0.05, 0.1) is 56.2 Å². The molecule has 0 fully saturated rings. The SMILES string of the molecule is Cc1ccc2c(c1)c1ccccc1n2-c1ccc(C#N)cc1-c1cc(-c2c(C(F)(F)F)cccc2C(F)(F)F)ccc1-n1c2ccccc2c2cc(C)ccc21. The van der Waals surface area contributed by atoms with Gasteiger partial charge < -0.3 is 9.13 Å². The lowest BCUT2D eigenvalue weighted by atomic mass is 9.90. The number of hydrogen-bond acceptors (Lipinski definition) is 1. The van der Waals surface area contributed by atoms with Gasteiger partial charge in [-0.05, 0) is 98.3 Å². The van der Waals surface area contributed by atoms with Crippen LogP contribution in [0.2, 0.25) is 0 Å². The number of nitriles is 1. The minimum atomic E-state index is -5.09. The van der Waals surface area contributed by atoms with Crippen LogP contribution in [-0.4, -0.2) is 9.13 Å². The molecule has 3 nitrogen and oxygen atoms in total. The number of para-hydroxylation sites is 2. The number of alkyl halides is 6. The van der Waals surface area contributed by atoms with Crippen molar-refractivity contribution in [1.29, 1.82) is 5.26 Å². The molecule has 0 saturated heterocycles. The number of fused-ring (bicyclic) bond motifs is 6. The van der Waals surface area contributed by atoms with Gasteiger partial charge in [-0.15, -0.1) is 0 Å². The van der Waals surface area contributed by atoms with Crippen LogP contribution < -0.4 is 0 Å². The largest absolute Gasteiger partial charge is 0.417 e. The van der Waals surface area contributed by atoms with Gasteiger partial charge in [-0.2, -0.15) is 31.6 Å². The normalized spacial score (nSPS) is 12.3. The van der Waals surface area contributed by atoms with Crippen molar-refractivity contribution >= 4 is 43.6 Å². The van der Waals surface area contributed by atoms with E-state index in [1.54, 1.807) is 24.3 Å². The fourth-order valence-corrected chi connectivity index (χ4v) is 8.15. The zero-order chi connectivity index (χ0) is 39.1. The Morgan fingerprint density at radius 2 is 0.929 bits per heavy atom. The van der Waals surface area contributed by atoms with Gasteiger partial charge in [0.2, 0.25) is 0 Å². The summed E-state index contributed by atoms with van der Waals surface area (Å²) in [7, 11) is 0. The Hall–Kier alpha value is -6.79. The van der Waals surface area contributed by atoms with Crippen molar-refractivity contribution in [2.24, 2.45) is 0 Å². The van der Waals surface area contributed by atoms with Crippen molar-refractivity contribution in [3.05, 3.63) is 167 Å². The first-order chi connectivity index (χ1) is 26.8. The molecule has 0 spiro atoms. The Labute approximate surface area is 316 Å². The Morgan fingerprint density at radius 1 is 0.464 bits per heavy atom. The Balaban J connectivity index is 1.46. The molecule has 2 heterocycles. The Kier molecular flexibility index (Phi) is 7.89. The zero-order valence-electron chi connectivity index (χ0n) is 29.9. The van der Waals surface area contributed by atoms with E-state index in [0.29, 0.717) is 34.6 Å². The highest BCUT2D eigenvalue weighted by Crippen LogP contribution is 2.48. The second-order valence-electron chi connectivity index (χ2n) is 14.0. The van der Waals surface area contributed by atoms with E-state index in [4.69, 9.17) is 0 Å². The third-order valence-corrected chi connectivity index (χ3v) is 10.5. The van der Waals surface area contributed by atoms with Gasteiger partial charge in [0.25, 0.3) is 0 Å². The van der Waals surface area contributed by atoms with Crippen molar-refractivity contribution in [2.75, 3.05) is 0 Å². The first-order valence-electron chi connectivity index (χ1n) is 17.8. The van der Waals surface area contributed by atoms with Crippen molar-refractivity contribution in [3.8, 4) is 39.7 Å². The van der Waals surface area contributed by atoms with Crippen LogP contribution in [0, 0.1) is 25.2 Å². The lowest BCUT2D eigenvalue weighted by Gasteiger charge is -2.22. The van der Waals surface area contributed by atoms with Gasteiger partial charge in [-0.25, -0.2) is 0 Å². The minimum Gasteiger partial charge on any atom is -0.309 e.